The van der Waals surface area contributed by atoms with Gasteiger partial charge in [-0.3, -0.25) is 4.98 Å². The summed E-state index contributed by atoms with van der Waals surface area (Å²) in [5.41, 5.74) is 14.6. The van der Waals surface area contributed by atoms with Crippen molar-refractivity contribution in [2.45, 2.75) is 39.5 Å². The number of aryl methyl sites for hydroxylation is 3. The Balaban J connectivity index is 1.60. The third-order valence-electron chi connectivity index (χ3n) is 7.93. The van der Waals surface area contributed by atoms with Crippen molar-refractivity contribution in [1.82, 2.24) is 4.98 Å². The lowest BCUT2D eigenvalue weighted by molar-refractivity contribution is 0.865. The van der Waals surface area contributed by atoms with Crippen molar-refractivity contribution in [3.63, 3.8) is 0 Å². The van der Waals surface area contributed by atoms with Gasteiger partial charge in [0.1, 0.15) is 0 Å². The number of rotatable bonds is 4. The summed E-state index contributed by atoms with van der Waals surface area (Å²) < 4.78 is 0. The maximum Gasteiger partial charge on any atom is 0.0991 e. The van der Waals surface area contributed by atoms with Crippen molar-refractivity contribution in [2.75, 3.05) is 18.0 Å². The molecule has 37 heavy (non-hydrogen) atoms. The predicted molar refractivity (Wildman–Crippen MR) is 148 cm³/mol. The fourth-order valence-electron chi connectivity index (χ4n) is 6.10. The van der Waals surface area contributed by atoms with Crippen molar-refractivity contribution < 1.29 is 0 Å². The fraction of sp³-hybridized carbons (Fsp3) is 0.242. The van der Waals surface area contributed by atoms with E-state index in [1.54, 1.807) is 0 Å². The van der Waals surface area contributed by atoms with E-state index in [2.05, 4.69) is 67.3 Å². The van der Waals surface area contributed by atoms with Gasteiger partial charge in [-0.2, -0.15) is 10.5 Å². The highest BCUT2D eigenvalue weighted by molar-refractivity contribution is 5.93. The molecule has 1 heterocycles. The monoisotopic (exact) mass is 480 g/mol. The second-order valence-corrected chi connectivity index (χ2v) is 9.82. The van der Waals surface area contributed by atoms with Gasteiger partial charge < -0.3 is 4.90 Å². The summed E-state index contributed by atoms with van der Waals surface area (Å²) in [4.78, 5) is 7.70. The van der Waals surface area contributed by atoms with Crippen LogP contribution in [-0.4, -0.2) is 18.1 Å². The molecule has 6 rings (SSSR count). The minimum absolute atomic E-state index is 0.702. The summed E-state index contributed by atoms with van der Waals surface area (Å²) in [5, 5.41) is 18.9. The second-order valence-electron chi connectivity index (χ2n) is 9.82. The van der Waals surface area contributed by atoms with Crippen LogP contribution in [0.25, 0.3) is 33.5 Å². The number of hydrogen-bond acceptors (Lipinski definition) is 4. The Labute approximate surface area is 218 Å². The van der Waals surface area contributed by atoms with Crippen molar-refractivity contribution in [3.8, 4) is 45.6 Å². The first-order valence-corrected chi connectivity index (χ1v) is 13.1. The molecule has 0 bridgehead atoms. The highest BCUT2D eigenvalue weighted by atomic mass is 15.1. The average molecular weight is 481 g/mol. The van der Waals surface area contributed by atoms with E-state index in [4.69, 9.17) is 4.98 Å². The Morgan fingerprint density at radius 3 is 1.92 bits per heavy atom. The molecule has 4 aromatic rings. The molecule has 4 nitrogen and oxygen atoms in total. The predicted octanol–water partition coefficient (Wildman–Crippen LogP) is 6.87. The highest BCUT2D eigenvalue weighted by Crippen LogP contribution is 2.47. The van der Waals surface area contributed by atoms with Crippen LogP contribution in [0.5, 0.6) is 0 Å². The molecule has 2 aliphatic carbocycles. The van der Waals surface area contributed by atoms with Gasteiger partial charge in [-0.25, -0.2) is 0 Å². The van der Waals surface area contributed by atoms with Gasteiger partial charge >= 0.3 is 0 Å². The summed E-state index contributed by atoms with van der Waals surface area (Å²) >= 11 is 0. The van der Waals surface area contributed by atoms with Crippen molar-refractivity contribution in [3.05, 3.63) is 94.2 Å². The molecule has 180 valence electrons. The van der Waals surface area contributed by atoms with Crippen LogP contribution >= 0.6 is 0 Å². The lowest BCUT2D eigenvalue weighted by atomic mass is 9.76. The molecule has 0 spiro atoms. The molecular weight excluding hydrogens is 452 g/mol. The van der Waals surface area contributed by atoms with Crippen LogP contribution < -0.4 is 4.90 Å². The second kappa shape index (κ2) is 9.23. The van der Waals surface area contributed by atoms with Crippen LogP contribution in [0.2, 0.25) is 0 Å². The van der Waals surface area contributed by atoms with Gasteiger partial charge in [0, 0.05) is 41.2 Å². The van der Waals surface area contributed by atoms with Crippen LogP contribution in [-0.2, 0) is 25.7 Å². The summed E-state index contributed by atoms with van der Waals surface area (Å²) in [6.07, 6.45) is 3.58. The van der Waals surface area contributed by atoms with E-state index in [0.717, 1.165) is 55.7 Å². The summed E-state index contributed by atoms with van der Waals surface area (Å²) in [6.45, 7) is 6.32. The molecule has 4 heteroatoms. The van der Waals surface area contributed by atoms with E-state index in [-0.39, 0.29) is 0 Å². The van der Waals surface area contributed by atoms with Gasteiger partial charge in [0.25, 0.3) is 0 Å². The molecule has 0 atom stereocenters. The third kappa shape index (κ3) is 3.78. The molecule has 1 aromatic heterocycles. The van der Waals surface area contributed by atoms with Crippen LogP contribution in [0.1, 0.15) is 47.4 Å². The number of nitrogens with zero attached hydrogens (tertiary/aromatic N) is 4. The molecule has 0 fully saturated rings. The van der Waals surface area contributed by atoms with Crippen LogP contribution in [0, 0.1) is 22.7 Å². The Morgan fingerprint density at radius 2 is 1.32 bits per heavy atom. The summed E-state index contributed by atoms with van der Waals surface area (Å²) in [5.74, 6) is 0. The topological polar surface area (TPSA) is 63.7 Å². The first-order chi connectivity index (χ1) is 18.1. The molecular formula is C33H28N4. The van der Waals surface area contributed by atoms with Crippen LogP contribution in [0.4, 0.5) is 5.69 Å². The molecule has 0 aliphatic heterocycles. The Kier molecular flexibility index (Phi) is 5.74. The lowest BCUT2D eigenvalue weighted by Gasteiger charge is -2.30. The maximum absolute atomic E-state index is 9.50. The molecule has 0 radical (unpaired) electrons. The fourth-order valence-corrected chi connectivity index (χ4v) is 6.10. The first-order valence-electron chi connectivity index (χ1n) is 13.1. The Morgan fingerprint density at radius 1 is 0.730 bits per heavy atom. The summed E-state index contributed by atoms with van der Waals surface area (Å²) in [7, 11) is 0. The maximum atomic E-state index is 9.50. The normalized spacial score (nSPS) is 12.9. The van der Waals surface area contributed by atoms with Crippen molar-refractivity contribution >= 4 is 5.69 Å². The van der Waals surface area contributed by atoms with Crippen molar-refractivity contribution in [2.24, 2.45) is 0 Å². The number of pyridine rings is 1. The number of hydrogen-bond donors (Lipinski definition) is 0. The van der Waals surface area contributed by atoms with Gasteiger partial charge in [0.2, 0.25) is 0 Å². The Bertz CT molecular complexity index is 1610. The largest absolute Gasteiger partial charge is 0.372 e. The number of fused-ring (bicyclic) bond motifs is 7. The quantitative estimate of drug-likeness (QED) is 0.320. The molecule has 0 saturated carbocycles. The van der Waals surface area contributed by atoms with Gasteiger partial charge in [-0.15, -0.1) is 0 Å². The summed E-state index contributed by atoms with van der Waals surface area (Å²) in [6, 6.07) is 25.6. The van der Waals surface area contributed by atoms with E-state index in [9.17, 15) is 10.5 Å². The van der Waals surface area contributed by atoms with E-state index in [1.165, 1.54) is 44.6 Å². The lowest BCUT2D eigenvalue weighted by Crippen LogP contribution is -2.21. The number of benzene rings is 3. The zero-order valence-corrected chi connectivity index (χ0v) is 21.3. The van der Waals surface area contributed by atoms with Gasteiger partial charge in [-0.1, -0.05) is 24.3 Å². The molecule has 3 aromatic carbocycles. The molecule has 2 aliphatic rings. The molecule has 0 saturated heterocycles. The van der Waals surface area contributed by atoms with Gasteiger partial charge in [-0.05, 0) is 104 Å². The van der Waals surface area contributed by atoms with Gasteiger partial charge in [0.15, 0.2) is 0 Å². The number of anilines is 1. The van der Waals surface area contributed by atoms with E-state index >= 15 is 0 Å². The molecule has 0 N–H and O–H groups in total. The standard InChI is InChI=1S/C33H28N4/c1-3-37(4-2)26-11-7-23(8-12-26)33-32-28-14-6-22(20-35)17-24(28)9-15-29(32)31-27-13-5-21(19-34)18-25(27)10-16-30(31)36-33/h5-8,11-14,17-18H,3-4,9-10,15-16H2,1-2H3. The van der Waals surface area contributed by atoms with Gasteiger partial charge in [0.05, 0.1) is 29.0 Å². The highest BCUT2D eigenvalue weighted by Gasteiger charge is 2.30. The number of nitriles is 2. The van der Waals surface area contributed by atoms with Crippen molar-refractivity contribution in [1.29, 1.82) is 10.5 Å². The van der Waals surface area contributed by atoms with Crippen LogP contribution in [0.15, 0.2) is 60.7 Å². The molecule has 0 amide bonds. The van der Waals surface area contributed by atoms with E-state index in [1.807, 2.05) is 24.3 Å². The van der Waals surface area contributed by atoms with Crippen LogP contribution in [0.3, 0.4) is 0 Å². The SMILES string of the molecule is CCN(CC)c1ccc(-c2nc3c(c4c2-c2ccc(C#N)cc2CC4)-c2ccc(C#N)cc2CC3)cc1. The smallest absolute Gasteiger partial charge is 0.0991 e. The average Bonchev–Trinajstić information content (AvgIpc) is 2.96. The third-order valence-corrected chi connectivity index (χ3v) is 7.93. The minimum atomic E-state index is 0.702. The zero-order chi connectivity index (χ0) is 25.5. The van der Waals surface area contributed by atoms with E-state index in [0.29, 0.717) is 11.1 Å². The minimum Gasteiger partial charge on any atom is -0.372 e. The number of aromatic nitrogens is 1. The Hall–Kier alpha value is -4.41. The van der Waals surface area contributed by atoms with E-state index < -0.39 is 0 Å². The zero-order valence-electron chi connectivity index (χ0n) is 21.3. The first kappa shape index (κ1) is 23.0. The molecule has 0 unspecified atom stereocenters.